The second-order valence-corrected chi connectivity index (χ2v) is 8.09. The lowest BCUT2D eigenvalue weighted by molar-refractivity contribution is -0.385. The monoisotopic (exact) mass is 518 g/mol. The Labute approximate surface area is 196 Å². The van der Waals surface area contributed by atoms with E-state index in [9.17, 15) is 29.3 Å². The molecular formula is C21H19BrN4O7. The summed E-state index contributed by atoms with van der Waals surface area (Å²) in [6, 6.07) is 10.5. The van der Waals surface area contributed by atoms with Crippen molar-refractivity contribution in [2.24, 2.45) is 5.92 Å². The van der Waals surface area contributed by atoms with Gasteiger partial charge in [0, 0.05) is 22.6 Å². The summed E-state index contributed by atoms with van der Waals surface area (Å²) in [6.45, 7) is 1.14. The molecule has 2 aromatic carbocycles. The van der Waals surface area contributed by atoms with Crippen LogP contribution >= 0.6 is 15.9 Å². The SMILES string of the molecule is Cc1cc(NC(=O)COC(=O)[C@@H]2CC(=O)N(NC(=O)c3ccccc3[N+](=O)[O-])C2)ccc1Br. The number of nitrogens with one attached hydrogen (secondary N) is 2. The molecule has 1 aliphatic heterocycles. The van der Waals surface area contributed by atoms with Crippen LogP contribution in [0.5, 0.6) is 0 Å². The van der Waals surface area contributed by atoms with Crippen LogP contribution in [0.3, 0.4) is 0 Å². The number of carbonyl (C=O) groups is 4. The van der Waals surface area contributed by atoms with E-state index in [1.165, 1.54) is 24.3 Å². The average molecular weight is 519 g/mol. The van der Waals surface area contributed by atoms with Crippen molar-refractivity contribution in [3.05, 3.63) is 68.2 Å². The number of ether oxygens (including phenoxy) is 1. The number of aryl methyl sites for hydroxylation is 1. The molecule has 0 aliphatic carbocycles. The number of nitro benzene ring substituents is 1. The molecule has 1 fully saturated rings. The molecule has 1 atom stereocenters. The van der Waals surface area contributed by atoms with Gasteiger partial charge in [-0.15, -0.1) is 0 Å². The number of nitrogens with zero attached hydrogens (tertiary/aromatic N) is 2. The van der Waals surface area contributed by atoms with Gasteiger partial charge in [-0.05, 0) is 36.8 Å². The summed E-state index contributed by atoms with van der Waals surface area (Å²) < 4.78 is 5.90. The zero-order valence-electron chi connectivity index (χ0n) is 17.4. The molecule has 2 N–H and O–H groups in total. The average Bonchev–Trinajstić information content (AvgIpc) is 3.14. The van der Waals surface area contributed by atoms with Crippen LogP contribution in [0.25, 0.3) is 0 Å². The Hall–Kier alpha value is -3.80. The minimum absolute atomic E-state index is 0.183. The Bertz CT molecular complexity index is 1140. The minimum Gasteiger partial charge on any atom is -0.455 e. The first kappa shape index (κ1) is 23.9. The van der Waals surface area contributed by atoms with Crippen molar-refractivity contribution in [2.75, 3.05) is 18.5 Å². The number of hydrogen-bond acceptors (Lipinski definition) is 7. The van der Waals surface area contributed by atoms with Gasteiger partial charge in [-0.2, -0.15) is 0 Å². The number of esters is 1. The van der Waals surface area contributed by atoms with E-state index >= 15 is 0 Å². The van der Waals surface area contributed by atoms with Crippen molar-refractivity contribution in [3.63, 3.8) is 0 Å². The quantitative estimate of drug-likeness (QED) is 0.324. The molecule has 33 heavy (non-hydrogen) atoms. The lowest BCUT2D eigenvalue weighted by Gasteiger charge is -2.17. The van der Waals surface area contributed by atoms with E-state index in [-0.39, 0.29) is 18.5 Å². The van der Waals surface area contributed by atoms with Gasteiger partial charge in [-0.1, -0.05) is 28.1 Å². The first-order valence-electron chi connectivity index (χ1n) is 9.73. The number of benzene rings is 2. The van der Waals surface area contributed by atoms with Gasteiger partial charge in [0.25, 0.3) is 17.5 Å². The highest BCUT2D eigenvalue weighted by molar-refractivity contribution is 9.10. The molecule has 2 aromatic rings. The minimum atomic E-state index is -0.897. The van der Waals surface area contributed by atoms with Crippen LogP contribution in [0.1, 0.15) is 22.3 Å². The van der Waals surface area contributed by atoms with Crippen LogP contribution in [0, 0.1) is 23.0 Å². The second-order valence-electron chi connectivity index (χ2n) is 7.24. The van der Waals surface area contributed by atoms with Crippen molar-refractivity contribution < 1.29 is 28.8 Å². The van der Waals surface area contributed by atoms with E-state index in [1.807, 2.05) is 6.92 Å². The Morgan fingerprint density at radius 1 is 1.24 bits per heavy atom. The van der Waals surface area contributed by atoms with Gasteiger partial charge in [-0.3, -0.25) is 39.7 Å². The standard InChI is InChI=1S/C21H19BrN4O7/c1-12-8-14(6-7-16(12)22)23-18(27)11-33-21(30)13-9-19(28)25(10-13)24-20(29)15-4-2-3-5-17(15)26(31)32/h2-8,13H,9-11H2,1H3,(H,23,27)(H,24,29)/t13-/m1/s1. The molecule has 1 aliphatic rings. The fraction of sp³-hybridized carbons (Fsp3) is 0.238. The van der Waals surface area contributed by atoms with Crippen LogP contribution in [0.15, 0.2) is 46.9 Å². The number of anilines is 1. The molecule has 1 heterocycles. The van der Waals surface area contributed by atoms with E-state index < -0.39 is 46.8 Å². The van der Waals surface area contributed by atoms with Crippen molar-refractivity contribution in [3.8, 4) is 0 Å². The second kappa shape index (κ2) is 10.2. The lowest BCUT2D eigenvalue weighted by atomic mass is 10.1. The number of amides is 3. The summed E-state index contributed by atoms with van der Waals surface area (Å²) in [5.41, 5.74) is 3.10. The van der Waals surface area contributed by atoms with Gasteiger partial charge in [-0.25, -0.2) is 0 Å². The Morgan fingerprint density at radius 2 is 1.97 bits per heavy atom. The van der Waals surface area contributed by atoms with Gasteiger partial charge < -0.3 is 10.1 Å². The summed E-state index contributed by atoms with van der Waals surface area (Å²) in [5.74, 6) is -3.62. The number of rotatable bonds is 7. The molecule has 0 radical (unpaired) electrons. The summed E-state index contributed by atoms with van der Waals surface area (Å²) in [5, 5.41) is 14.6. The van der Waals surface area contributed by atoms with E-state index in [4.69, 9.17) is 4.74 Å². The number of carbonyl (C=O) groups excluding carboxylic acids is 4. The number of hydrogen-bond donors (Lipinski definition) is 2. The molecule has 11 nitrogen and oxygen atoms in total. The molecule has 0 unspecified atom stereocenters. The van der Waals surface area contributed by atoms with Crippen molar-refractivity contribution in [1.82, 2.24) is 10.4 Å². The van der Waals surface area contributed by atoms with Gasteiger partial charge in [0.2, 0.25) is 5.91 Å². The molecule has 0 spiro atoms. The normalized spacial score (nSPS) is 15.2. The Kier molecular flexibility index (Phi) is 7.38. The molecule has 172 valence electrons. The summed E-state index contributed by atoms with van der Waals surface area (Å²) in [6.07, 6.45) is -0.233. The first-order valence-corrected chi connectivity index (χ1v) is 10.5. The molecule has 0 saturated carbocycles. The number of halogens is 1. The zero-order valence-corrected chi connectivity index (χ0v) is 19.0. The number of hydrazine groups is 1. The maximum Gasteiger partial charge on any atom is 0.311 e. The van der Waals surface area contributed by atoms with Gasteiger partial charge in [0.15, 0.2) is 6.61 Å². The van der Waals surface area contributed by atoms with Crippen LogP contribution in [0.2, 0.25) is 0 Å². The van der Waals surface area contributed by atoms with Gasteiger partial charge >= 0.3 is 5.97 Å². The van der Waals surface area contributed by atoms with Crippen molar-refractivity contribution >= 4 is 51.0 Å². The topological polar surface area (TPSA) is 148 Å². The van der Waals surface area contributed by atoms with Crippen molar-refractivity contribution in [2.45, 2.75) is 13.3 Å². The first-order chi connectivity index (χ1) is 15.7. The summed E-state index contributed by atoms with van der Waals surface area (Å²) >= 11 is 3.36. The fourth-order valence-electron chi connectivity index (χ4n) is 3.16. The zero-order chi connectivity index (χ0) is 24.1. The summed E-state index contributed by atoms with van der Waals surface area (Å²) in [4.78, 5) is 59.3. The number of nitro groups is 1. The van der Waals surface area contributed by atoms with Gasteiger partial charge in [0.1, 0.15) is 5.56 Å². The molecule has 12 heteroatoms. The third kappa shape index (κ3) is 5.92. The molecular weight excluding hydrogens is 500 g/mol. The molecule has 1 saturated heterocycles. The van der Waals surface area contributed by atoms with E-state index in [2.05, 4.69) is 26.7 Å². The maximum atomic E-state index is 12.4. The Morgan fingerprint density at radius 3 is 2.67 bits per heavy atom. The fourth-order valence-corrected chi connectivity index (χ4v) is 3.40. The third-order valence-electron chi connectivity index (χ3n) is 4.83. The van der Waals surface area contributed by atoms with E-state index in [0.717, 1.165) is 15.0 Å². The smallest absolute Gasteiger partial charge is 0.311 e. The van der Waals surface area contributed by atoms with Crippen LogP contribution in [-0.2, 0) is 19.1 Å². The van der Waals surface area contributed by atoms with Crippen LogP contribution < -0.4 is 10.7 Å². The third-order valence-corrected chi connectivity index (χ3v) is 5.72. The van der Waals surface area contributed by atoms with Crippen molar-refractivity contribution in [1.29, 1.82) is 0 Å². The largest absolute Gasteiger partial charge is 0.455 e. The Balaban J connectivity index is 1.52. The summed E-state index contributed by atoms with van der Waals surface area (Å²) in [7, 11) is 0. The van der Waals surface area contributed by atoms with Crippen LogP contribution in [-0.4, -0.2) is 46.8 Å². The van der Waals surface area contributed by atoms with Crippen LogP contribution in [0.4, 0.5) is 11.4 Å². The highest BCUT2D eigenvalue weighted by Gasteiger charge is 2.37. The van der Waals surface area contributed by atoms with E-state index in [0.29, 0.717) is 5.69 Å². The molecule has 3 rings (SSSR count). The lowest BCUT2D eigenvalue weighted by Crippen LogP contribution is -2.43. The number of para-hydroxylation sites is 1. The highest BCUT2D eigenvalue weighted by Crippen LogP contribution is 2.22. The molecule has 0 aromatic heterocycles. The molecule has 0 bridgehead atoms. The molecule has 3 amide bonds. The predicted molar refractivity (Wildman–Crippen MR) is 119 cm³/mol. The predicted octanol–water partition coefficient (Wildman–Crippen LogP) is 2.34. The van der Waals surface area contributed by atoms with Gasteiger partial charge in [0.05, 0.1) is 17.4 Å². The van der Waals surface area contributed by atoms with E-state index in [1.54, 1.807) is 18.2 Å². The highest BCUT2D eigenvalue weighted by atomic mass is 79.9. The maximum absolute atomic E-state index is 12.4.